The molecule has 0 aromatic heterocycles. The van der Waals surface area contributed by atoms with Gasteiger partial charge in [-0.15, -0.1) is 12.4 Å². The molecular weight excluding hydrogens is 346 g/mol. The van der Waals surface area contributed by atoms with E-state index in [2.05, 4.69) is 28.0 Å². The average Bonchev–Trinajstić information content (AvgIpc) is 3.46. The van der Waals surface area contributed by atoms with Crippen molar-refractivity contribution >= 4 is 29.7 Å². The van der Waals surface area contributed by atoms with E-state index in [1.807, 2.05) is 30.3 Å². The molecule has 0 unspecified atom stereocenters. The van der Waals surface area contributed by atoms with E-state index in [0.717, 1.165) is 43.6 Å². The fourth-order valence-electron chi connectivity index (χ4n) is 3.73. The number of nitrogens with two attached hydrogens (primary N) is 1. The minimum absolute atomic E-state index is 0. The highest BCUT2D eigenvalue weighted by molar-refractivity contribution is 5.85. The number of carbonyl (C=O) groups is 1. The number of amides is 1. The minimum atomic E-state index is 0. The van der Waals surface area contributed by atoms with Crippen LogP contribution in [0, 0.1) is 0 Å². The number of nitrogen functional groups attached to an aromatic ring is 1. The van der Waals surface area contributed by atoms with Crippen LogP contribution in [0.25, 0.3) is 0 Å². The Balaban J connectivity index is 0.00000196. The van der Waals surface area contributed by atoms with Crippen LogP contribution < -0.4 is 10.6 Å². The van der Waals surface area contributed by atoms with Gasteiger partial charge in [0, 0.05) is 30.5 Å². The molecule has 1 aliphatic carbocycles. The zero-order chi connectivity index (χ0) is 17.2. The van der Waals surface area contributed by atoms with Crippen molar-refractivity contribution < 1.29 is 4.79 Å². The summed E-state index contributed by atoms with van der Waals surface area (Å²) in [4.78, 5) is 17.3. The summed E-state index contributed by atoms with van der Waals surface area (Å²) in [5.74, 6) is 0.224. The van der Waals surface area contributed by atoms with Gasteiger partial charge in [-0.05, 0) is 48.9 Å². The van der Waals surface area contributed by atoms with Gasteiger partial charge in [-0.25, -0.2) is 0 Å². The van der Waals surface area contributed by atoms with E-state index in [9.17, 15) is 4.79 Å². The van der Waals surface area contributed by atoms with E-state index >= 15 is 0 Å². The number of hydrogen-bond donors (Lipinski definition) is 1. The number of nitrogens with zero attached hydrogens (tertiary/aromatic N) is 2. The Morgan fingerprint density at radius 3 is 2.62 bits per heavy atom. The molecule has 0 atom stereocenters. The predicted molar refractivity (Wildman–Crippen MR) is 109 cm³/mol. The lowest BCUT2D eigenvalue weighted by atomic mass is 10.00. The van der Waals surface area contributed by atoms with Crippen LogP contribution in [0.4, 0.5) is 11.4 Å². The molecule has 2 N–H and O–H groups in total. The molecule has 1 aliphatic heterocycles. The summed E-state index contributed by atoms with van der Waals surface area (Å²) >= 11 is 0. The smallest absolute Gasteiger partial charge is 0.242 e. The van der Waals surface area contributed by atoms with Gasteiger partial charge in [-0.2, -0.15) is 0 Å². The average molecular weight is 372 g/mol. The number of fused-ring (bicyclic) bond motifs is 1. The molecule has 5 heteroatoms. The highest BCUT2D eigenvalue weighted by Gasteiger charge is 2.33. The first-order chi connectivity index (χ1) is 12.2. The van der Waals surface area contributed by atoms with Crippen LogP contribution in [0.3, 0.4) is 0 Å². The van der Waals surface area contributed by atoms with Crippen LogP contribution in [0.5, 0.6) is 0 Å². The monoisotopic (exact) mass is 371 g/mol. The van der Waals surface area contributed by atoms with Crippen LogP contribution >= 0.6 is 12.4 Å². The topological polar surface area (TPSA) is 49.6 Å². The highest BCUT2D eigenvalue weighted by Crippen LogP contribution is 2.32. The van der Waals surface area contributed by atoms with Crippen molar-refractivity contribution in [2.75, 3.05) is 23.7 Å². The maximum absolute atomic E-state index is 13.0. The third-order valence-electron chi connectivity index (χ3n) is 5.21. The van der Waals surface area contributed by atoms with Gasteiger partial charge in [0.05, 0.1) is 6.54 Å². The molecule has 1 amide bonds. The molecular formula is C21H26ClN3O. The van der Waals surface area contributed by atoms with Crippen molar-refractivity contribution in [3.63, 3.8) is 0 Å². The summed E-state index contributed by atoms with van der Waals surface area (Å²) < 4.78 is 0. The Morgan fingerprint density at radius 1 is 1.12 bits per heavy atom. The molecule has 4 rings (SSSR count). The van der Waals surface area contributed by atoms with Crippen molar-refractivity contribution in [3.8, 4) is 0 Å². The lowest BCUT2D eigenvalue weighted by Gasteiger charge is -2.33. The summed E-state index contributed by atoms with van der Waals surface area (Å²) in [6, 6.07) is 16.7. The van der Waals surface area contributed by atoms with E-state index in [4.69, 9.17) is 5.73 Å². The maximum atomic E-state index is 13.0. The Labute approximate surface area is 161 Å². The van der Waals surface area contributed by atoms with Crippen molar-refractivity contribution in [2.24, 2.45) is 0 Å². The molecule has 26 heavy (non-hydrogen) atoms. The molecule has 1 fully saturated rings. The predicted octanol–water partition coefficient (Wildman–Crippen LogP) is 3.63. The van der Waals surface area contributed by atoms with Gasteiger partial charge >= 0.3 is 0 Å². The lowest BCUT2D eigenvalue weighted by molar-refractivity contribution is -0.130. The minimum Gasteiger partial charge on any atom is -0.398 e. The maximum Gasteiger partial charge on any atom is 0.242 e. The van der Waals surface area contributed by atoms with Crippen molar-refractivity contribution in [1.82, 2.24) is 4.90 Å². The number of anilines is 2. The second kappa shape index (κ2) is 8.00. The molecule has 2 aromatic carbocycles. The van der Waals surface area contributed by atoms with Gasteiger partial charge < -0.3 is 15.5 Å². The molecule has 0 bridgehead atoms. The standard InChI is InChI=1S/C21H25N3O.ClH/c22-19-9-4-10-20-18(19)8-5-13-23(20)15-21(25)24(17-11-12-17)14-16-6-2-1-3-7-16;/h1-4,6-7,9-10,17H,5,8,11-15,22H2;1H. The molecule has 1 heterocycles. The van der Waals surface area contributed by atoms with E-state index < -0.39 is 0 Å². The van der Waals surface area contributed by atoms with E-state index in [0.29, 0.717) is 19.1 Å². The summed E-state index contributed by atoms with van der Waals surface area (Å²) in [6.45, 7) is 2.08. The van der Waals surface area contributed by atoms with Crippen molar-refractivity contribution in [1.29, 1.82) is 0 Å². The quantitative estimate of drug-likeness (QED) is 0.816. The van der Waals surface area contributed by atoms with Crippen LogP contribution in [0.15, 0.2) is 48.5 Å². The van der Waals surface area contributed by atoms with Crippen LogP contribution in [-0.4, -0.2) is 29.9 Å². The molecule has 2 aliphatic rings. The fourth-order valence-corrected chi connectivity index (χ4v) is 3.73. The zero-order valence-electron chi connectivity index (χ0n) is 14.9. The molecule has 1 saturated carbocycles. The van der Waals surface area contributed by atoms with Gasteiger partial charge in [0.25, 0.3) is 0 Å². The van der Waals surface area contributed by atoms with Gasteiger partial charge in [0.2, 0.25) is 5.91 Å². The third kappa shape index (κ3) is 3.96. The molecule has 0 spiro atoms. The Hall–Kier alpha value is -2.20. The molecule has 138 valence electrons. The number of benzene rings is 2. The Bertz CT molecular complexity index is 761. The third-order valence-corrected chi connectivity index (χ3v) is 5.21. The van der Waals surface area contributed by atoms with Crippen LogP contribution in [0.1, 0.15) is 30.4 Å². The molecule has 0 radical (unpaired) electrons. The largest absolute Gasteiger partial charge is 0.398 e. The highest BCUT2D eigenvalue weighted by atomic mass is 35.5. The van der Waals surface area contributed by atoms with Crippen LogP contribution in [0.2, 0.25) is 0 Å². The van der Waals surface area contributed by atoms with E-state index in [-0.39, 0.29) is 18.3 Å². The molecule has 2 aromatic rings. The summed E-state index contributed by atoms with van der Waals surface area (Å²) in [6.07, 6.45) is 4.31. The van der Waals surface area contributed by atoms with Crippen molar-refractivity contribution in [3.05, 3.63) is 59.7 Å². The van der Waals surface area contributed by atoms with Gasteiger partial charge in [0.1, 0.15) is 0 Å². The van der Waals surface area contributed by atoms with E-state index in [1.165, 1.54) is 11.1 Å². The number of hydrogen-bond acceptors (Lipinski definition) is 3. The molecule has 4 nitrogen and oxygen atoms in total. The fraction of sp³-hybridized carbons (Fsp3) is 0.381. The Kier molecular flexibility index (Phi) is 5.72. The molecule has 0 saturated heterocycles. The number of carbonyl (C=O) groups excluding carboxylic acids is 1. The van der Waals surface area contributed by atoms with Crippen molar-refractivity contribution in [2.45, 2.75) is 38.3 Å². The summed E-state index contributed by atoms with van der Waals surface area (Å²) in [5, 5.41) is 0. The first-order valence-electron chi connectivity index (χ1n) is 9.18. The van der Waals surface area contributed by atoms with Gasteiger partial charge in [-0.3, -0.25) is 4.79 Å². The van der Waals surface area contributed by atoms with E-state index in [1.54, 1.807) is 0 Å². The summed E-state index contributed by atoms with van der Waals surface area (Å²) in [5.41, 5.74) is 10.5. The number of rotatable bonds is 5. The normalized spacial score (nSPS) is 15.8. The first-order valence-corrected chi connectivity index (χ1v) is 9.18. The van der Waals surface area contributed by atoms with Gasteiger partial charge in [-0.1, -0.05) is 36.4 Å². The van der Waals surface area contributed by atoms with Gasteiger partial charge in [0.15, 0.2) is 0 Å². The summed E-state index contributed by atoms with van der Waals surface area (Å²) in [7, 11) is 0. The van der Waals surface area contributed by atoms with Crippen LogP contribution in [-0.2, 0) is 17.8 Å². The second-order valence-corrected chi connectivity index (χ2v) is 7.11. The SMILES string of the molecule is Cl.Nc1cccc2c1CCCN2CC(=O)N(Cc1ccccc1)C1CC1. The zero-order valence-corrected chi connectivity index (χ0v) is 15.8. The lowest BCUT2D eigenvalue weighted by Crippen LogP contribution is -2.43. The Morgan fingerprint density at radius 2 is 1.88 bits per heavy atom. The number of halogens is 1. The second-order valence-electron chi connectivity index (χ2n) is 7.11. The first kappa shape index (κ1) is 18.6.